The molecule has 0 radical (unpaired) electrons. The van der Waals surface area contributed by atoms with Crippen LogP contribution in [0.3, 0.4) is 0 Å². The quantitative estimate of drug-likeness (QED) is 0.322. The van der Waals surface area contributed by atoms with E-state index in [1.54, 1.807) is 30.7 Å². The first kappa shape index (κ1) is 21.0. The van der Waals surface area contributed by atoms with E-state index in [1.807, 2.05) is 53.4 Å². The molecule has 1 fully saturated rings. The zero-order chi connectivity index (χ0) is 22.8. The summed E-state index contributed by atoms with van der Waals surface area (Å²) in [6.07, 6.45) is 3.41. The lowest BCUT2D eigenvalue weighted by molar-refractivity contribution is 0.0601. The first-order chi connectivity index (χ1) is 16.1. The summed E-state index contributed by atoms with van der Waals surface area (Å²) in [6, 6.07) is 20.1. The molecule has 2 atom stereocenters. The van der Waals surface area contributed by atoms with E-state index < -0.39 is 5.97 Å². The van der Waals surface area contributed by atoms with Gasteiger partial charge in [0.05, 0.1) is 37.2 Å². The van der Waals surface area contributed by atoms with E-state index in [9.17, 15) is 4.79 Å². The minimum absolute atomic E-state index is 0.200. The number of benzene rings is 1. The number of esters is 1. The van der Waals surface area contributed by atoms with Crippen molar-refractivity contribution in [2.24, 2.45) is 0 Å². The Labute approximate surface area is 196 Å². The lowest BCUT2D eigenvalue weighted by Crippen LogP contribution is -2.28. The van der Waals surface area contributed by atoms with Gasteiger partial charge < -0.3 is 23.8 Å². The molecule has 33 heavy (non-hydrogen) atoms. The molecule has 3 aromatic heterocycles. The number of pyridine rings is 1. The number of furan rings is 2. The normalized spacial score (nSPS) is 17.7. The first-order valence-electron chi connectivity index (χ1n) is 10.4. The molecule has 4 aromatic rings. The fourth-order valence-electron chi connectivity index (χ4n) is 4.04. The van der Waals surface area contributed by atoms with E-state index in [0.717, 1.165) is 22.8 Å². The third kappa shape index (κ3) is 4.12. The highest BCUT2D eigenvalue weighted by Gasteiger charge is 2.42. The van der Waals surface area contributed by atoms with Gasteiger partial charge >= 0.3 is 5.97 Å². The molecule has 0 amide bonds. The van der Waals surface area contributed by atoms with Gasteiger partial charge in [-0.15, -0.1) is 0 Å². The fourth-order valence-corrected chi connectivity index (χ4v) is 4.34. The van der Waals surface area contributed by atoms with Crippen molar-refractivity contribution in [3.05, 3.63) is 102 Å². The maximum atomic E-state index is 11.9. The van der Waals surface area contributed by atoms with Gasteiger partial charge in [-0.05, 0) is 60.7 Å². The summed E-state index contributed by atoms with van der Waals surface area (Å²) in [6.45, 7) is 0.487. The summed E-state index contributed by atoms with van der Waals surface area (Å²) in [5.74, 6) is 1.77. The highest BCUT2D eigenvalue weighted by molar-refractivity contribution is 7.80. The molecular formula is C25H21N3O4S. The Hall–Kier alpha value is -3.91. The number of nitrogens with zero attached hydrogens (tertiary/aromatic N) is 2. The Bertz CT molecular complexity index is 1270. The number of nitrogens with one attached hydrogen (secondary N) is 1. The summed E-state index contributed by atoms with van der Waals surface area (Å²) >= 11 is 5.68. The van der Waals surface area contributed by atoms with Gasteiger partial charge in [-0.1, -0.05) is 18.2 Å². The van der Waals surface area contributed by atoms with Crippen molar-refractivity contribution in [1.82, 2.24) is 15.2 Å². The molecule has 166 valence electrons. The molecule has 0 aliphatic carbocycles. The molecule has 7 nitrogen and oxygen atoms in total. The van der Waals surface area contributed by atoms with Crippen molar-refractivity contribution in [2.75, 3.05) is 7.11 Å². The summed E-state index contributed by atoms with van der Waals surface area (Å²) < 4.78 is 16.7. The number of methoxy groups -OCH3 is 1. The van der Waals surface area contributed by atoms with Crippen LogP contribution in [0.5, 0.6) is 0 Å². The smallest absolute Gasteiger partial charge is 0.337 e. The second kappa shape index (κ2) is 8.91. The molecule has 1 saturated heterocycles. The topological polar surface area (TPSA) is 80.7 Å². The van der Waals surface area contributed by atoms with Gasteiger partial charge in [0.1, 0.15) is 23.3 Å². The molecular weight excluding hydrogens is 438 g/mol. The number of aromatic nitrogens is 1. The standard InChI is InChI=1S/C25H21N3O4S/c1-30-24(29)17-7-4-6-16(14-17)20-10-11-21(32-20)23-22(19-9-2-3-12-26-19)27-25(33)28(23)15-18-8-5-13-31-18/h2-14,22-23H,15H2,1H3,(H,27,33)/t22-,23-/m1/s1. The zero-order valence-corrected chi connectivity index (χ0v) is 18.6. The second-order valence-electron chi connectivity index (χ2n) is 7.61. The average Bonchev–Trinajstić information content (AvgIpc) is 3.61. The second-order valence-corrected chi connectivity index (χ2v) is 7.99. The van der Waals surface area contributed by atoms with Crippen LogP contribution < -0.4 is 5.32 Å². The van der Waals surface area contributed by atoms with E-state index in [2.05, 4.69) is 10.3 Å². The number of rotatable bonds is 6. The number of carbonyl (C=O) groups excluding carboxylic acids is 1. The van der Waals surface area contributed by atoms with Gasteiger partial charge in [0, 0.05) is 11.8 Å². The molecule has 0 unspecified atom stereocenters. The van der Waals surface area contributed by atoms with E-state index in [1.165, 1.54) is 7.11 Å². The van der Waals surface area contributed by atoms with Gasteiger partial charge in [-0.3, -0.25) is 4.98 Å². The lowest BCUT2D eigenvalue weighted by Gasteiger charge is -2.25. The molecule has 0 saturated carbocycles. The van der Waals surface area contributed by atoms with E-state index >= 15 is 0 Å². The molecule has 1 aromatic carbocycles. The Morgan fingerprint density at radius 3 is 2.82 bits per heavy atom. The van der Waals surface area contributed by atoms with Crippen LogP contribution in [0.2, 0.25) is 0 Å². The number of carbonyl (C=O) groups is 1. The van der Waals surface area contributed by atoms with Crippen molar-refractivity contribution in [1.29, 1.82) is 0 Å². The van der Waals surface area contributed by atoms with Crippen LogP contribution in [-0.4, -0.2) is 28.1 Å². The van der Waals surface area contributed by atoms with Crippen LogP contribution in [0.1, 0.15) is 39.7 Å². The first-order valence-corrected chi connectivity index (χ1v) is 10.8. The van der Waals surface area contributed by atoms with Crippen LogP contribution in [-0.2, 0) is 11.3 Å². The molecule has 5 rings (SSSR count). The van der Waals surface area contributed by atoms with Gasteiger partial charge in [0.2, 0.25) is 0 Å². The van der Waals surface area contributed by atoms with Crippen molar-refractivity contribution in [3.8, 4) is 11.3 Å². The molecule has 8 heteroatoms. The number of hydrogen-bond donors (Lipinski definition) is 1. The summed E-state index contributed by atoms with van der Waals surface area (Å²) in [7, 11) is 1.36. The van der Waals surface area contributed by atoms with Crippen LogP contribution in [0.15, 0.2) is 88.0 Å². The van der Waals surface area contributed by atoms with Crippen molar-refractivity contribution in [2.45, 2.75) is 18.6 Å². The largest absolute Gasteiger partial charge is 0.467 e. The van der Waals surface area contributed by atoms with E-state index in [-0.39, 0.29) is 12.1 Å². The Morgan fingerprint density at radius 1 is 1.15 bits per heavy atom. The maximum Gasteiger partial charge on any atom is 0.337 e. The van der Waals surface area contributed by atoms with Gasteiger partial charge in [-0.25, -0.2) is 4.79 Å². The molecule has 0 spiro atoms. The minimum Gasteiger partial charge on any atom is -0.467 e. The van der Waals surface area contributed by atoms with Gasteiger partial charge in [0.15, 0.2) is 5.11 Å². The molecule has 1 N–H and O–H groups in total. The number of ether oxygens (including phenoxy) is 1. The zero-order valence-electron chi connectivity index (χ0n) is 17.8. The third-order valence-electron chi connectivity index (χ3n) is 5.59. The van der Waals surface area contributed by atoms with Gasteiger partial charge in [-0.2, -0.15) is 0 Å². The average molecular weight is 460 g/mol. The summed E-state index contributed by atoms with van der Waals surface area (Å²) in [5.41, 5.74) is 2.10. The Kier molecular flexibility index (Phi) is 5.66. The third-order valence-corrected chi connectivity index (χ3v) is 5.94. The van der Waals surface area contributed by atoms with Crippen LogP contribution in [0.25, 0.3) is 11.3 Å². The van der Waals surface area contributed by atoms with Crippen LogP contribution >= 0.6 is 12.2 Å². The molecule has 0 bridgehead atoms. The van der Waals surface area contributed by atoms with Crippen LogP contribution in [0, 0.1) is 0 Å². The van der Waals surface area contributed by atoms with Gasteiger partial charge in [0.25, 0.3) is 0 Å². The van der Waals surface area contributed by atoms with Crippen LogP contribution in [0.4, 0.5) is 0 Å². The highest BCUT2D eigenvalue weighted by atomic mass is 32.1. The fraction of sp³-hybridized carbons (Fsp3) is 0.160. The predicted molar refractivity (Wildman–Crippen MR) is 125 cm³/mol. The predicted octanol–water partition coefficient (Wildman–Crippen LogP) is 4.89. The number of thiocarbonyl (C=S) groups is 1. The molecule has 1 aliphatic heterocycles. The molecule has 4 heterocycles. The number of hydrogen-bond acceptors (Lipinski definition) is 6. The Balaban J connectivity index is 1.52. The summed E-state index contributed by atoms with van der Waals surface area (Å²) in [4.78, 5) is 18.5. The lowest BCUT2D eigenvalue weighted by atomic mass is 10.0. The van der Waals surface area contributed by atoms with Crippen molar-refractivity contribution >= 4 is 23.3 Å². The van der Waals surface area contributed by atoms with Crippen molar-refractivity contribution < 1.29 is 18.4 Å². The summed E-state index contributed by atoms with van der Waals surface area (Å²) in [5, 5.41) is 3.99. The Morgan fingerprint density at radius 2 is 2.06 bits per heavy atom. The molecule has 1 aliphatic rings. The van der Waals surface area contributed by atoms with E-state index in [4.69, 9.17) is 25.8 Å². The SMILES string of the molecule is COC(=O)c1cccc(-c2ccc([C@@H]3[C@@H](c4ccccn4)NC(=S)N3Cc3ccco3)o2)c1. The maximum absolute atomic E-state index is 11.9. The monoisotopic (exact) mass is 459 g/mol. The highest BCUT2D eigenvalue weighted by Crippen LogP contribution is 2.41. The van der Waals surface area contributed by atoms with E-state index in [0.29, 0.717) is 23.0 Å². The minimum atomic E-state index is -0.395. The van der Waals surface area contributed by atoms with Crippen molar-refractivity contribution in [3.63, 3.8) is 0 Å².